The standard InChI is InChI=1S/C20H26N2O4/c1-2-11-26-19(17-13-16(21)8-9-18(17)23)14-25-12-10-22-20(24)15-6-4-3-5-7-15/h3-9,13,19,23H,2,10-12,14,21H2,1H3,(H,22,24). The van der Waals surface area contributed by atoms with Crippen LogP contribution in [0.15, 0.2) is 48.5 Å². The van der Waals surface area contributed by atoms with Gasteiger partial charge in [0.05, 0.1) is 13.2 Å². The summed E-state index contributed by atoms with van der Waals surface area (Å²) in [4.78, 5) is 11.9. The molecule has 2 rings (SSSR count). The van der Waals surface area contributed by atoms with E-state index < -0.39 is 6.10 Å². The molecule has 1 unspecified atom stereocenters. The number of aromatic hydroxyl groups is 1. The fourth-order valence-corrected chi connectivity index (χ4v) is 2.44. The number of benzene rings is 2. The molecule has 6 nitrogen and oxygen atoms in total. The number of ether oxygens (including phenoxy) is 2. The van der Waals surface area contributed by atoms with Gasteiger partial charge in [-0.15, -0.1) is 0 Å². The number of nitrogens with one attached hydrogen (secondary N) is 1. The number of phenolic OH excluding ortho intramolecular Hbond substituents is 1. The summed E-state index contributed by atoms with van der Waals surface area (Å²) in [6.07, 6.45) is 0.440. The highest BCUT2D eigenvalue weighted by molar-refractivity contribution is 5.94. The Labute approximate surface area is 153 Å². The van der Waals surface area contributed by atoms with Crippen LogP contribution in [0.1, 0.15) is 35.4 Å². The molecular weight excluding hydrogens is 332 g/mol. The summed E-state index contributed by atoms with van der Waals surface area (Å²) < 4.78 is 11.4. The van der Waals surface area contributed by atoms with Crippen molar-refractivity contribution in [3.63, 3.8) is 0 Å². The van der Waals surface area contributed by atoms with Gasteiger partial charge in [-0.1, -0.05) is 25.1 Å². The summed E-state index contributed by atoms with van der Waals surface area (Å²) in [6, 6.07) is 13.9. The first-order valence-corrected chi connectivity index (χ1v) is 8.72. The molecule has 0 aliphatic heterocycles. The molecule has 0 aliphatic rings. The molecule has 6 heteroatoms. The van der Waals surface area contributed by atoms with Gasteiger partial charge < -0.3 is 25.6 Å². The maximum Gasteiger partial charge on any atom is 0.251 e. The Balaban J connectivity index is 1.82. The second kappa shape index (κ2) is 10.4. The van der Waals surface area contributed by atoms with Gasteiger partial charge in [-0.05, 0) is 36.8 Å². The molecule has 0 bridgehead atoms. The summed E-state index contributed by atoms with van der Waals surface area (Å²) in [7, 11) is 0. The van der Waals surface area contributed by atoms with Crippen molar-refractivity contribution in [3.8, 4) is 5.75 Å². The van der Waals surface area contributed by atoms with Gasteiger partial charge in [0, 0.05) is 30.0 Å². The highest BCUT2D eigenvalue weighted by atomic mass is 16.5. The zero-order valence-electron chi connectivity index (χ0n) is 15.0. The van der Waals surface area contributed by atoms with Crippen molar-refractivity contribution in [1.82, 2.24) is 5.32 Å². The Kier molecular flexibility index (Phi) is 7.92. The number of hydrogen-bond donors (Lipinski definition) is 3. The van der Waals surface area contributed by atoms with Crippen LogP contribution in [0.25, 0.3) is 0 Å². The van der Waals surface area contributed by atoms with E-state index >= 15 is 0 Å². The van der Waals surface area contributed by atoms with Crippen molar-refractivity contribution < 1.29 is 19.4 Å². The third-order valence-corrected chi connectivity index (χ3v) is 3.76. The summed E-state index contributed by atoms with van der Waals surface area (Å²) >= 11 is 0. The number of carbonyl (C=O) groups excluding carboxylic acids is 1. The Morgan fingerprint density at radius 2 is 1.96 bits per heavy atom. The van der Waals surface area contributed by atoms with Gasteiger partial charge in [0.15, 0.2) is 0 Å². The second-order valence-electron chi connectivity index (χ2n) is 5.87. The number of rotatable bonds is 10. The second-order valence-corrected chi connectivity index (χ2v) is 5.87. The highest BCUT2D eigenvalue weighted by Crippen LogP contribution is 2.29. The molecule has 1 atom stereocenters. The van der Waals surface area contributed by atoms with Crippen LogP contribution in [-0.2, 0) is 9.47 Å². The van der Waals surface area contributed by atoms with Crippen molar-refractivity contribution in [3.05, 3.63) is 59.7 Å². The molecule has 0 aliphatic carbocycles. The molecule has 4 N–H and O–H groups in total. The maximum atomic E-state index is 11.9. The number of carbonyl (C=O) groups is 1. The SMILES string of the molecule is CCCOC(COCCNC(=O)c1ccccc1)c1cc(N)ccc1O. The van der Waals surface area contributed by atoms with E-state index in [0.717, 1.165) is 6.42 Å². The summed E-state index contributed by atoms with van der Waals surface area (Å²) in [5, 5.41) is 12.9. The van der Waals surface area contributed by atoms with Gasteiger partial charge in [0.2, 0.25) is 0 Å². The molecule has 0 spiro atoms. The third kappa shape index (κ3) is 6.06. The van der Waals surface area contributed by atoms with E-state index in [2.05, 4.69) is 5.32 Å². The number of phenols is 1. The molecule has 1 amide bonds. The Bertz CT molecular complexity index is 691. The monoisotopic (exact) mass is 358 g/mol. The van der Waals surface area contributed by atoms with E-state index in [0.29, 0.717) is 36.6 Å². The molecule has 2 aromatic rings. The van der Waals surface area contributed by atoms with Gasteiger partial charge >= 0.3 is 0 Å². The number of nitrogen functional groups attached to an aromatic ring is 1. The van der Waals surface area contributed by atoms with Gasteiger partial charge in [0.25, 0.3) is 5.91 Å². The van der Waals surface area contributed by atoms with Crippen LogP contribution in [0, 0.1) is 0 Å². The molecule has 0 saturated heterocycles. The molecule has 26 heavy (non-hydrogen) atoms. The average Bonchev–Trinajstić information content (AvgIpc) is 2.66. The molecule has 0 fully saturated rings. The van der Waals surface area contributed by atoms with Crippen molar-refractivity contribution >= 4 is 11.6 Å². The zero-order valence-corrected chi connectivity index (χ0v) is 15.0. The van der Waals surface area contributed by atoms with Crippen molar-refractivity contribution in [2.45, 2.75) is 19.4 Å². The lowest BCUT2D eigenvalue weighted by Gasteiger charge is -2.20. The fraction of sp³-hybridized carbons (Fsp3) is 0.350. The van der Waals surface area contributed by atoms with Crippen LogP contribution in [0.4, 0.5) is 5.69 Å². The molecule has 140 valence electrons. The van der Waals surface area contributed by atoms with E-state index in [1.165, 1.54) is 0 Å². The topological polar surface area (TPSA) is 93.8 Å². The highest BCUT2D eigenvalue weighted by Gasteiger charge is 2.17. The van der Waals surface area contributed by atoms with Crippen molar-refractivity contribution in [2.75, 3.05) is 32.1 Å². The number of nitrogens with two attached hydrogens (primary N) is 1. The Hall–Kier alpha value is -2.57. The predicted octanol–water partition coefficient (Wildman–Crippen LogP) is 2.89. The Morgan fingerprint density at radius 1 is 1.19 bits per heavy atom. The molecular formula is C20H26N2O4. The number of amides is 1. The molecule has 2 aromatic carbocycles. The summed E-state index contributed by atoms with van der Waals surface area (Å²) in [6.45, 7) is 3.55. The lowest BCUT2D eigenvalue weighted by atomic mass is 10.1. The van der Waals surface area contributed by atoms with Crippen LogP contribution >= 0.6 is 0 Å². The zero-order chi connectivity index (χ0) is 18.8. The van der Waals surface area contributed by atoms with E-state index in [1.807, 2.05) is 25.1 Å². The summed E-state index contributed by atoms with van der Waals surface area (Å²) in [5.74, 6) is -0.0113. The lowest BCUT2D eigenvalue weighted by Crippen LogP contribution is -2.28. The van der Waals surface area contributed by atoms with E-state index in [1.54, 1.807) is 30.3 Å². The number of hydrogen-bond acceptors (Lipinski definition) is 5. The van der Waals surface area contributed by atoms with E-state index in [4.69, 9.17) is 15.2 Å². The van der Waals surface area contributed by atoms with Crippen molar-refractivity contribution in [2.24, 2.45) is 0 Å². The van der Waals surface area contributed by atoms with Crippen LogP contribution < -0.4 is 11.1 Å². The van der Waals surface area contributed by atoms with Crippen molar-refractivity contribution in [1.29, 1.82) is 0 Å². The summed E-state index contributed by atoms with van der Waals surface area (Å²) in [5.41, 5.74) is 7.57. The maximum absolute atomic E-state index is 11.9. The lowest BCUT2D eigenvalue weighted by molar-refractivity contribution is -0.0179. The van der Waals surface area contributed by atoms with E-state index in [-0.39, 0.29) is 18.3 Å². The minimum atomic E-state index is -0.414. The first-order valence-electron chi connectivity index (χ1n) is 8.72. The van der Waals surface area contributed by atoms with Crippen LogP contribution in [-0.4, -0.2) is 37.4 Å². The first-order chi connectivity index (χ1) is 12.6. The fourth-order valence-electron chi connectivity index (χ4n) is 2.44. The molecule has 0 aromatic heterocycles. The third-order valence-electron chi connectivity index (χ3n) is 3.76. The molecule has 0 heterocycles. The normalized spacial score (nSPS) is 11.9. The van der Waals surface area contributed by atoms with Crippen LogP contribution in [0.3, 0.4) is 0 Å². The largest absolute Gasteiger partial charge is 0.508 e. The van der Waals surface area contributed by atoms with Gasteiger partial charge in [0.1, 0.15) is 11.9 Å². The average molecular weight is 358 g/mol. The van der Waals surface area contributed by atoms with Gasteiger partial charge in [-0.2, -0.15) is 0 Å². The Morgan fingerprint density at radius 3 is 2.69 bits per heavy atom. The number of anilines is 1. The predicted molar refractivity (Wildman–Crippen MR) is 101 cm³/mol. The minimum Gasteiger partial charge on any atom is -0.508 e. The van der Waals surface area contributed by atoms with Crippen LogP contribution in [0.5, 0.6) is 5.75 Å². The van der Waals surface area contributed by atoms with Crippen LogP contribution in [0.2, 0.25) is 0 Å². The van der Waals surface area contributed by atoms with Gasteiger partial charge in [-0.3, -0.25) is 4.79 Å². The quantitative estimate of drug-likeness (QED) is 0.345. The molecule has 0 radical (unpaired) electrons. The first kappa shape index (κ1) is 19.8. The smallest absolute Gasteiger partial charge is 0.251 e. The van der Waals surface area contributed by atoms with E-state index in [9.17, 15) is 9.90 Å². The van der Waals surface area contributed by atoms with Gasteiger partial charge in [-0.25, -0.2) is 0 Å². The minimum absolute atomic E-state index is 0.126. The molecule has 0 saturated carbocycles.